The first-order valence-electron chi connectivity index (χ1n) is 5.96. The van der Waals surface area contributed by atoms with Crippen molar-refractivity contribution in [2.45, 2.75) is 26.3 Å². The summed E-state index contributed by atoms with van der Waals surface area (Å²) < 4.78 is 22.6. The molecule has 1 aliphatic rings. The lowest BCUT2D eigenvalue weighted by molar-refractivity contribution is -0.137. The van der Waals surface area contributed by atoms with Crippen molar-refractivity contribution >= 4 is 21.7 Å². The number of rotatable bonds is 4. The van der Waals surface area contributed by atoms with Crippen LogP contribution in [0, 0.1) is 5.92 Å². The van der Waals surface area contributed by atoms with E-state index in [0.717, 1.165) is 0 Å². The number of sulfone groups is 1. The topological polar surface area (TPSA) is 83.6 Å². The van der Waals surface area contributed by atoms with Gasteiger partial charge in [0.2, 0.25) is 11.8 Å². The van der Waals surface area contributed by atoms with Gasteiger partial charge in [-0.25, -0.2) is 8.42 Å². The van der Waals surface area contributed by atoms with Gasteiger partial charge < -0.3 is 10.2 Å². The Bertz CT molecular complexity index is 430. The minimum absolute atomic E-state index is 0.0212. The average Bonchev–Trinajstić information content (AvgIpc) is 2.56. The summed E-state index contributed by atoms with van der Waals surface area (Å²) >= 11 is 0. The summed E-state index contributed by atoms with van der Waals surface area (Å²) in [6.45, 7) is 3.64. The summed E-state index contributed by atoms with van der Waals surface area (Å²) in [5.74, 6) is -1.03. The van der Waals surface area contributed by atoms with Gasteiger partial charge in [-0.05, 0) is 20.3 Å². The molecule has 1 fully saturated rings. The number of nitrogens with one attached hydrogen (secondary N) is 1. The maximum atomic E-state index is 11.9. The van der Waals surface area contributed by atoms with E-state index in [0.29, 0.717) is 6.42 Å². The van der Waals surface area contributed by atoms with Crippen LogP contribution >= 0.6 is 0 Å². The number of nitrogens with zero attached hydrogens (tertiary/aromatic N) is 1. The van der Waals surface area contributed by atoms with Gasteiger partial charge in [0.25, 0.3) is 0 Å². The molecule has 6 nitrogen and oxygen atoms in total. The largest absolute Gasteiger partial charge is 0.352 e. The maximum absolute atomic E-state index is 11.9. The van der Waals surface area contributed by atoms with Gasteiger partial charge in [-0.3, -0.25) is 9.59 Å². The highest BCUT2D eigenvalue weighted by atomic mass is 32.2. The lowest BCUT2D eigenvalue weighted by Gasteiger charge is -2.20. The van der Waals surface area contributed by atoms with E-state index in [-0.39, 0.29) is 35.9 Å². The van der Waals surface area contributed by atoms with E-state index in [9.17, 15) is 18.0 Å². The van der Waals surface area contributed by atoms with Crippen LogP contribution in [0.4, 0.5) is 0 Å². The van der Waals surface area contributed by atoms with Crippen molar-refractivity contribution in [3.63, 3.8) is 0 Å². The number of amides is 2. The summed E-state index contributed by atoms with van der Waals surface area (Å²) in [6, 6.07) is 0.0212. The van der Waals surface area contributed by atoms with E-state index in [1.165, 1.54) is 11.9 Å². The van der Waals surface area contributed by atoms with Crippen LogP contribution in [0.25, 0.3) is 0 Å². The average molecular weight is 276 g/mol. The molecule has 18 heavy (non-hydrogen) atoms. The lowest BCUT2D eigenvalue weighted by Crippen LogP contribution is -2.43. The van der Waals surface area contributed by atoms with Crippen molar-refractivity contribution < 1.29 is 18.0 Å². The molecule has 0 aromatic rings. The molecule has 0 aromatic heterocycles. The second-order valence-corrected chi connectivity index (χ2v) is 7.25. The van der Waals surface area contributed by atoms with Crippen LogP contribution in [-0.4, -0.2) is 56.3 Å². The molecule has 7 heteroatoms. The number of hydrogen-bond acceptors (Lipinski definition) is 4. The van der Waals surface area contributed by atoms with Crippen LogP contribution in [0.1, 0.15) is 20.3 Å². The molecule has 1 saturated heterocycles. The van der Waals surface area contributed by atoms with E-state index < -0.39 is 15.8 Å². The van der Waals surface area contributed by atoms with Gasteiger partial charge in [-0.2, -0.15) is 0 Å². The molecule has 2 amide bonds. The van der Waals surface area contributed by atoms with Crippen LogP contribution in [0.15, 0.2) is 0 Å². The second kappa shape index (κ2) is 5.69. The van der Waals surface area contributed by atoms with Crippen molar-refractivity contribution in [2.75, 3.05) is 25.1 Å². The SMILES string of the molecule is CC(C)NC(=O)CN(C)C(=O)[C@H]1CCS(=O)(=O)C1. The first kappa shape index (κ1) is 14.9. The van der Waals surface area contributed by atoms with E-state index in [2.05, 4.69) is 5.32 Å². The first-order valence-corrected chi connectivity index (χ1v) is 7.78. The minimum Gasteiger partial charge on any atom is -0.352 e. The van der Waals surface area contributed by atoms with Crippen molar-refractivity contribution in [1.82, 2.24) is 10.2 Å². The third-order valence-electron chi connectivity index (χ3n) is 2.79. The standard InChI is InChI=1S/C11H20N2O4S/c1-8(2)12-10(14)6-13(3)11(15)9-4-5-18(16,17)7-9/h8-9H,4-7H2,1-3H3,(H,12,14)/t9-/m0/s1. The normalized spacial score (nSPS) is 21.9. The molecule has 1 atom stereocenters. The molecule has 104 valence electrons. The molecular weight excluding hydrogens is 256 g/mol. The number of likely N-dealkylation sites (N-methyl/N-ethyl adjacent to an activating group) is 1. The van der Waals surface area contributed by atoms with E-state index in [1.54, 1.807) is 0 Å². The number of carbonyl (C=O) groups is 2. The Morgan fingerprint density at radius 3 is 2.44 bits per heavy atom. The highest BCUT2D eigenvalue weighted by Gasteiger charge is 2.34. The number of hydrogen-bond donors (Lipinski definition) is 1. The molecule has 0 saturated carbocycles. The number of carbonyl (C=O) groups excluding carboxylic acids is 2. The Morgan fingerprint density at radius 2 is 2.00 bits per heavy atom. The zero-order valence-electron chi connectivity index (χ0n) is 11.0. The predicted octanol–water partition coefficient (Wildman–Crippen LogP) is -0.596. The Morgan fingerprint density at radius 1 is 1.39 bits per heavy atom. The van der Waals surface area contributed by atoms with Crippen LogP contribution in [0.3, 0.4) is 0 Å². The third kappa shape index (κ3) is 4.29. The van der Waals surface area contributed by atoms with Crippen LogP contribution in [0.2, 0.25) is 0 Å². The summed E-state index contributed by atoms with van der Waals surface area (Å²) in [5, 5.41) is 2.68. The fourth-order valence-electron chi connectivity index (χ4n) is 1.96. The molecule has 0 bridgehead atoms. The Labute approximate surface area is 108 Å². The highest BCUT2D eigenvalue weighted by molar-refractivity contribution is 7.91. The molecule has 0 radical (unpaired) electrons. The Balaban J connectivity index is 2.50. The van der Waals surface area contributed by atoms with E-state index in [4.69, 9.17) is 0 Å². The fourth-order valence-corrected chi connectivity index (χ4v) is 3.69. The monoisotopic (exact) mass is 276 g/mol. The lowest BCUT2D eigenvalue weighted by atomic mass is 10.1. The smallest absolute Gasteiger partial charge is 0.239 e. The summed E-state index contributed by atoms with van der Waals surface area (Å²) in [5.41, 5.74) is 0. The first-order chi connectivity index (χ1) is 8.21. The van der Waals surface area contributed by atoms with Gasteiger partial charge in [0.15, 0.2) is 9.84 Å². The maximum Gasteiger partial charge on any atom is 0.239 e. The fraction of sp³-hybridized carbons (Fsp3) is 0.818. The summed E-state index contributed by atoms with van der Waals surface area (Å²) in [6.07, 6.45) is 0.358. The van der Waals surface area contributed by atoms with Gasteiger partial charge >= 0.3 is 0 Å². The summed E-state index contributed by atoms with van der Waals surface area (Å²) in [4.78, 5) is 24.7. The van der Waals surface area contributed by atoms with Gasteiger partial charge in [0.1, 0.15) is 0 Å². The van der Waals surface area contributed by atoms with Crippen LogP contribution in [-0.2, 0) is 19.4 Å². The Kier molecular flexibility index (Phi) is 4.72. The van der Waals surface area contributed by atoms with Crippen molar-refractivity contribution in [1.29, 1.82) is 0 Å². The second-order valence-electron chi connectivity index (χ2n) is 5.02. The quantitative estimate of drug-likeness (QED) is 0.743. The Hall–Kier alpha value is -1.11. The molecular formula is C11H20N2O4S. The molecule has 1 rings (SSSR count). The van der Waals surface area contributed by atoms with E-state index >= 15 is 0 Å². The van der Waals surface area contributed by atoms with Gasteiger partial charge in [0, 0.05) is 13.1 Å². The van der Waals surface area contributed by atoms with Crippen LogP contribution < -0.4 is 5.32 Å². The van der Waals surface area contributed by atoms with E-state index in [1.807, 2.05) is 13.8 Å². The molecule has 1 aliphatic heterocycles. The van der Waals surface area contributed by atoms with Crippen LogP contribution in [0.5, 0.6) is 0 Å². The van der Waals surface area contributed by atoms with Gasteiger partial charge in [0.05, 0.1) is 24.0 Å². The van der Waals surface area contributed by atoms with Crippen molar-refractivity contribution in [3.05, 3.63) is 0 Å². The molecule has 1 heterocycles. The molecule has 0 aromatic carbocycles. The minimum atomic E-state index is -3.07. The molecule has 0 aliphatic carbocycles. The third-order valence-corrected chi connectivity index (χ3v) is 4.56. The highest BCUT2D eigenvalue weighted by Crippen LogP contribution is 2.20. The zero-order valence-corrected chi connectivity index (χ0v) is 11.8. The zero-order chi connectivity index (χ0) is 13.9. The van der Waals surface area contributed by atoms with Crippen molar-refractivity contribution in [2.24, 2.45) is 5.92 Å². The van der Waals surface area contributed by atoms with Gasteiger partial charge in [-0.15, -0.1) is 0 Å². The molecule has 1 N–H and O–H groups in total. The van der Waals surface area contributed by atoms with Crippen molar-refractivity contribution in [3.8, 4) is 0 Å². The van der Waals surface area contributed by atoms with Gasteiger partial charge in [-0.1, -0.05) is 0 Å². The molecule has 0 unspecified atom stereocenters. The summed E-state index contributed by atoms with van der Waals surface area (Å²) in [7, 11) is -1.55. The molecule has 0 spiro atoms. The predicted molar refractivity (Wildman–Crippen MR) is 67.7 cm³/mol.